The van der Waals surface area contributed by atoms with E-state index in [0.29, 0.717) is 0 Å². The SMILES string of the molecule is CC(C)(C)OC1C=C(c2c[nH]c3ncccc23)C=C(c2cccc(S(C)(=O)=O)c2)N1. The van der Waals surface area contributed by atoms with Gasteiger partial charge in [0.05, 0.1) is 10.5 Å². The third-order valence-electron chi connectivity index (χ3n) is 4.74. The van der Waals surface area contributed by atoms with Gasteiger partial charge in [-0.05, 0) is 68.3 Å². The van der Waals surface area contributed by atoms with Crippen molar-refractivity contribution >= 4 is 32.1 Å². The van der Waals surface area contributed by atoms with Crippen molar-refractivity contribution in [2.24, 2.45) is 0 Å². The summed E-state index contributed by atoms with van der Waals surface area (Å²) in [5.74, 6) is 0. The van der Waals surface area contributed by atoms with Crippen LogP contribution in [0.15, 0.2) is 65.8 Å². The first-order valence-corrected chi connectivity index (χ1v) is 11.6. The van der Waals surface area contributed by atoms with Crippen molar-refractivity contribution in [1.29, 1.82) is 0 Å². The molecule has 0 spiro atoms. The van der Waals surface area contributed by atoms with Crippen LogP contribution in [0.25, 0.3) is 22.3 Å². The molecule has 0 radical (unpaired) electrons. The van der Waals surface area contributed by atoms with E-state index in [9.17, 15) is 8.42 Å². The Bertz CT molecular complexity index is 1260. The lowest BCUT2D eigenvalue weighted by molar-refractivity contribution is -0.0451. The number of aromatic nitrogens is 2. The molecule has 1 aromatic carbocycles. The number of H-pyrrole nitrogens is 1. The first kappa shape index (κ1) is 20.4. The summed E-state index contributed by atoms with van der Waals surface area (Å²) in [5.41, 5.74) is 4.02. The first-order chi connectivity index (χ1) is 14.1. The van der Waals surface area contributed by atoms with Gasteiger partial charge in [-0.1, -0.05) is 12.1 Å². The number of benzene rings is 1. The van der Waals surface area contributed by atoms with Crippen molar-refractivity contribution in [3.8, 4) is 0 Å². The lowest BCUT2D eigenvalue weighted by Crippen LogP contribution is -2.37. The number of hydrogen-bond acceptors (Lipinski definition) is 5. The highest BCUT2D eigenvalue weighted by Crippen LogP contribution is 2.32. The molecule has 0 saturated heterocycles. The largest absolute Gasteiger partial charge is 0.356 e. The van der Waals surface area contributed by atoms with Crippen LogP contribution in [0.1, 0.15) is 31.9 Å². The normalized spacial score (nSPS) is 17.4. The van der Waals surface area contributed by atoms with Crippen LogP contribution in [0.5, 0.6) is 0 Å². The summed E-state index contributed by atoms with van der Waals surface area (Å²) in [6.45, 7) is 6.00. The molecule has 1 aliphatic rings. The minimum absolute atomic E-state index is 0.281. The van der Waals surface area contributed by atoms with E-state index in [1.165, 1.54) is 6.26 Å². The Kier molecular flexibility index (Phi) is 5.03. The Morgan fingerprint density at radius 3 is 2.67 bits per heavy atom. The van der Waals surface area contributed by atoms with Gasteiger partial charge in [0.2, 0.25) is 0 Å². The van der Waals surface area contributed by atoms with E-state index < -0.39 is 9.84 Å². The maximum Gasteiger partial charge on any atom is 0.175 e. The Morgan fingerprint density at radius 1 is 1.13 bits per heavy atom. The molecule has 4 rings (SSSR count). The molecule has 1 atom stereocenters. The van der Waals surface area contributed by atoms with Crippen molar-refractivity contribution < 1.29 is 13.2 Å². The van der Waals surface area contributed by atoms with E-state index in [4.69, 9.17) is 4.74 Å². The van der Waals surface area contributed by atoms with Crippen LogP contribution in [-0.4, -0.2) is 36.5 Å². The molecule has 3 aromatic rings. The van der Waals surface area contributed by atoms with Crippen molar-refractivity contribution in [3.63, 3.8) is 0 Å². The van der Waals surface area contributed by atoms with Gasteiger partial charge < -0.3 is 15.0 Å². The average molecular weight is 424 g/mol. The Balaban J connectivity index is 1.82. The number of sulfone groups is 1. The van der Waals surface area contributed by atoms with Crippen LogP contribution in [0, 0.1) is 0 Å². The van der Waals surface area contributed by atoms with Crippen LogP contribution >= 0.6 is 0 Å². The molecule has 6 nitrogen and oxygen atoms in total. The molecule has 1 unspecified atom stereocenters. The summed E-state index contributed by atoms with van der Waals surface area (Å²) in [7, 11) is -3.31. The monoisotopic (exact) mass is 423 g/mol. The summed E-state index contributed by atoms with van der Waals surface area (Å²) >= 11 is 0. The zero-order valence-corrected chi connectivity index (χ0v) is 18.2. The molecular formula is C23H25N3O3S. The third kappa shape index (κ3) is 4.32. The molecule has 0 amide bonds. The minimum Gasteiger partial charge on any atom is -0.356 e. The molecule has 0 bridgehead atoms. The molecule has 30 heavy (non-hydrogen) atoms. The van der Waals surface area contributed by atoms with Gasteiger partial charge in [-0.25, -0.2) is 13.4 Å². The fourth-order valence-electron chi connectivity index (χ4n) is 3.47. The predicted octanol–water partition coefficient (Wildman–Crippen LogP) is 4.14. The summed E-state index contributed by atoms with van der Waals surface area (Å²) in [6.07, 6.45) is 8.57. The van der Waals surface area contributed by atoms with Crippen LogP contribution in [-0.2, 0) is 14.6 Å². The highest BCUT2D eigenvalue weighted by Gasteiger charge is 2.23. The van der Waals surface area contributed by atoms with Gasteiger partial charge >= 0.3 is 0 Å². The number of ether oxygens (including phenoxy) is 1. The number of hydrogen-bond donors (Lipinski definition) is 2. The standard InChI is InChI=1S/C23H25N3O3S/c1-23(2,3)29-21-13-16(19-14-25-22-18(19)9-6-10-24-22)12-20(26-21)15-7-5-8-17(11-15)30(4,27)28/h5-14,21,26H,1-4H3,(H,24,25). The fraction of sp³-hybridized carbons (Fsp3) is 0.261. The van der Waals surface area contributed by atoms with Crippen LogP contribution in [0.3, 0.4) is 0 Å². The second-order valence-corrected chi connectivity index (χ2v) is 10.4. The van der Waals surface area contributed by atoms with Crippen molar-refractivity contribution in [2.75, 3.05) is 6.26 Å². The van der Waals surface area contributed by atoms with Crippen molar-refractivity contribution in [3.05, 3.63) is 72.1 Å². The van der Waals surface area contributed by atoms with Gasteiger partial charge in [0.15, 0.2) is 9.84 Å². The minimum atomic E-state index is -3.31. The van der Waals surface area contributed by atoms with Crippen molar-refractivity contribution in [2.45, 2.75) is 37.5 Å². The van der Waals surface area contributed by atoms with E-state index in [-0.39, 0.29) is 16.7 Å². The molecule has 0 fully saturated rings. The number of nitrogens with one attached hydrogen (secondary N) is 2. The van der Waals surface area contributed by atoms with E-state index in [1.807, 2.05) is 57.3 Å². The molecule has 7 heteroatoms. The van der Waals surface area contributed by atoms with Gasteiger partial charge in [0.25, 0.3) is 0 Å². The average Bonchev–Trinajstić information content (AvgIpc) is 3.10. The maximum absolute atomic E-state index is 12.0. The molecule has 156 valence electrons. The third-order valence-corrected chi connectivity index (χ3v) is 5.85. The first-order valence-electron chi connectivity index (χ1n) is 9.71. The van der Waals surface area contributed by atoms with Gasteiger partial charge in [-0.3, -0.25) is 0 Å². The maximum atomic E-state index is 12.0. The molecule has 3 heterocycles. The number of nitrogens with zero attached hydrogens (tertiary/aromatic N) is 1. The summed E-state index contributed by atoms with van der Waals surface area (Å²) in [6, 6.07) is 10.9. The van der Waals surface area contributed by atoms with Crippen molar-refractivity contribution in [1.82, 2.24) is 15.3 Å². The van der Waals surface area contributed by atoms with E-state index in [2.05, 4.69) is 15.3 Å². The lowest BCUT2D eigenvalue weighted by Gasteiger charge is -2.31. The highest BCUT2D eigenvalue weighted by atomic mass is 32.2. The van der Waals surface area contributed by atoms with Crippen LogP contribution in [0.4, 0.5) is 0 Å². The highest BCUT2D eigenvalue weighted by molar-refractivity contribution is 7.90. The molecule has 2 N–H and O–H groups in total. The van der Waals surface area contributed by atoms with E-state index in [0.717, 1.165) is 33.4 Å². The van der Waals surface area contributed by atoms with Crippen LogP contribution in [0.2, 0.25) is 0 Å². The van der Waals surface area contributed by atoms with E-state index in [1.54, 1.807) is 24.4 Å². The smallest absolute Gasteiger partial charge is 0.175 e. The Morgan fingerprint density at radius 2 is 1.93 bits per heavy atom. The lowest BCUT2D eigenvalue weighted by atomic mass is 9.99. The summed E-state index contributed by atoms with van der Waals surface area (Å²) in [4.78, 5) is 7.87. The zero-order chi connectivity index (χ0) is 21.5. The molecule has 1 aliphatic heterocycles. The predicted molar refractivity (Wildman–Crippen MR) is 119 cm³/mol. The summed E-state index contributed by atoms with van der Waals surface area (Å²) in [5, 5.41) is 4.40. The topological polar surface area (TPSA) is 84.1 Å². The van der Waals surface area contributed by atoms with Gasteiger partial charge in [0, 0.05) is 35.3 Å². The second-order valence-electron chi connectivity index (χ2n) is 8.38. The quantitative estimate of drug-likeness (QED) is 0.659. The number of fused-ring (bicyclic) bond motifs is 1. The van der Waals surface area contributed by atoms with Gasteiger partial charge in [-0.15, -0.1) is 0 Å². The molecular weight excluding hydrogens is 398 g/mol. The number of rotatable bonds is 4. The van der Waals surface area contributed by atoms with E-state index >= 15 is 0 Å². The van der Waals surface area contributed by atoms with Crippen LogP contribution < -0.4 is 5.32 Å². The summed E-state index contributed by atoms with van der Waals surface area (Å²) < 4.78 is 30.3. The number of pyridine rings is 1. The molecule has 0 saturated carbocycles. The van der Waals surface area contributed by atoms with Gasteiger partial charge in [-0.2, -0.15) is 0 Å². The number of allylic oxidation sites excluding steroid dienone is 2. The molecule has 2 aromatic heterocycles. The fourth-order valence-corrected chi connectivity index (χ4v) is 4.14. The number of aromatic amines is 1. The zero-order valence-electron chi connectivity index (χ0n) is 17.4. The Labute approximate surface area is 176 Å². The Hall–Kier alpha value is -2.90. The molecule has 0 aliphatic carbocycles. The second kappa shape index (κ2) is 7.41. The number of dihydropyridines is 1. The van der Waals surface area contributed by atoms with Gasteiger partial charge in [0.1, 0.15) is 11.9 Å².